The van der Waals surface area contributed by atoms with Crippen LogP contribution in [0, 0.1) is 35.0 Å². The maximum Gasteiger partial charge on any atom is 0.0855 e. The van der Waals surface area contributed by atoms with Gasteiger partial charge < -0.3 is 15.3 Å². The molecule has 0 heterocycles. The molecule has 4 aliphatic carbocycles. The lowest BCUT2D eigenvalue weighted by Gasteiger charge is -2.55. The summed E-state index contributed by atoms with van der Waals surface area (Å²) in [6.07, 6.45) is 7.70. The fourth-order valence-corrected chi connectivity index (χ4v) is 6.82. The van der Waals surface area contributed by atoms with Gasteiger partial charge >= 0.3 is 0 Å². The molecule has 4 saturated carbocycles. The third-order valence-corrected chi connectivity index (χ3v) is 7.90. The summed E-state index contributed by atoms with van der Waals surface area (Å²) in [7, 11) is 0. The molecule has 0 spiro atoms. The van der Waals surface area contributed by atoms with Crippen molar-refractivity contribution in [3.8, 4) is 0 Å². The van der Waals surface area contributed by atoms with Crippen molar-refractivity contribution in [3.63, 3.8) is 0 Å². The summed E-state index contributed by atoms with van der Waals surface area (Å²) in [6, 6.07) is 0. The predicted molar refractivity (Wildman–Crippen MR) is 80.5 cm³/mol. The van der Waals surface area contributed by atoms with E-state index in [4.69, 9.17) is 0 Å². The smallest absolute Gasteiger partial charge is 0.0855 e. The molecule has 0 aromatic carbocycles. The van der Waals surface area contributed by atoms with Crippen LogP contribution in [0.4, 0.5) is 0 Å². The molecule has 0 bridgehead atoms. The third-order valence-electron chi connectivity index (χ3n) is 7.90. The number of rotatable bonds is 0. The van der Waals surface area contributed by atoms with Gasteiger partial charge in [-0.05, 0) is 86.4 Å². The van der Waals surface area contributed by atoms with Crippen molar-refractivity contribution in [1.29, 1.82) is 0 Å². The van der Waals surface area contributed by atoms with Crippen molar-refractivity contribution in [3.05, 3.63) is 0 Å². The van der Waals surface area contributed by atoms with E-state index < -0.39 is 12.2 Å². The second-order valence-electron chi connectivity index (χ2n) is 8.69. The zero-order valence-electron chi connectivity index (χ0n) is 13.1. The second-order valence-corrected chi connectivity index (χ2v) is 8.69. The molecule has 4 aliphatic rings. The van der Waals surface area contributed by atoms with Crippen LogP contribution < -0.4 is 0 Å². The zero-order valence-corrected chi connectivity index (χ0v) is 13.1. The molecule has 4 rings (SSSR count). The molecule has 1 unspecified atom stereocenters. The first-order valence-corrected chi connectivity index (χ1v) is 9.05. The number of aliphatic hydroxyl groups is 3. The molecule has 0 aromatic rings. The lowest BCUT2D eigenvalue weighted by Crippen LogP contribution is -2.50. The van der Waals surface area contributed by atoms with E-state index in [0.717, 1.165) is 43.4 Å². The Morgan fingerprint density at radius 1 is 0.810 bits per heavy atom. The van der Waals surface area contributed by atoms with Gasteiger partial charge in [0.15, 0.2) is 0 Å². The third kappa shape index (κ3) is 2.04. The van der Waals surface area contributed by atoms with Gasteiger partial charge in [0.25, 0.3) is 0 Å². The lowest BCUT2D eigenvalue weighted by molar-refractivity contribution is -0.0973. The zero-order chi connectivity index (χ0) is 14.8. The van der Waals surface area contributed by atoms with Gasteiger partial charge in [0.2, 0.25) is 0 Å². The topological polar surface area (TPSA) is 60.7 Å². The summed E-state index contributed by atoms with van der Waals surface area (Å²) in [5.74, 6) is 3.52. The highest BCUT2D eigenvalue weighted by Crippen LogP contribution is 2.62. The molecule has 120 valence electrons. The van der Waals surface area contributed by atoms with E-state index in [9.17, 15) is 15.3 Å². The second kappa shape index (κ2) is 4.94. The summed E-state index contributed by atoms with van der Waals surface area (Å²) in [6.45, 7) is 2.21. The standard InChI is InChI=1S/C18H30O3/c1-18-7-6-13-12-5-3-11(19)8-10(12)2-4-14(13)15(18)9-16(20)17(18)21/h10-17,19-21H,2-9H2,1H3/t10-,11-,12?,13-,14-,15+,16+,17+,18+/m1/s1. The van der Waals surface area contributed by atoms with E-state index in [1.54, 1.807) is 0 Å². The highest BCUT2D eigenvalue weighted by Gasteiger charge is 2.59. The molecule has 0 radical (unpaired) electrons. The van der Waals surface area contributed by atoms with Crippen LogP contribution in [0.1, 0.15) is 58.3 Å². The van der Waals surface area contributed by atoms with Crippen LogP contribution in [-0.4, -0.2) is 33.6 Å². The Bertz CT molecular complexity index is 411. The molecule has 21 heavy (non-hydrogen) atoms. The van der Waals surface area contributed by atoms with Gasteiger partial charge in [-0.3, -0.25) is 0 Å². The molecule has 0 aromatic heterocycles. The van der Waals surface area contributed by atoms with Crippen molar-refractivity contribution in [2.45, 2.75) is 76.6 Å². The SMILES string of the molecule is C[C@]12CC[C@@H]3C4CC[C@@H](O)C[C@H]4CC[C@H]3[C@@H]1C[C@H](O)[C@@H]2O. The van der Waals surface area contributed by atoms with E-state index in [1.807, 2.05) is 0 Å². The summed E-state index contributed by atoms with van der Waals surface area (Å²) < 4.78 is 0. The normalized spacial score (nSPS) is 60.0. The minimum absolute atomic E-state index is 0.0540. The first-order valence-electron chi connectivity index (χ1n) is 9.05. The maximum atomic E-state index is 10.4. The Morgan fingerprint density at radius 3 is 2.38 bits per heavy atom. The highest BCUT2D eigenvalue weighted by molar-refractivity contribution is 5.08. The average molecular weight is 294 g/mol. The van der Waals surface area contributed by atoms with E-state index >= 15 is 0 Å². The van der Waals surface area contributed by atoms with E-state index in [-0.39, 0.29) is 11.5 Å². The quantitative estimate of drug-likeness (QED) is 0.642. The van der Waals surface area contributed by atoms with E-state index in [2.05, 4.69) is 6.92 Å². The fraction of sp³-hybridized carbons (Fsp3) is 1.00. The van der Waals surface area contributed by atoms with E-state index in [1.165, 1.54) is 25.7 Å². The number of hydrogen-bond acceptors (Lipinski definition) is 3. The van der Waals surface area contributed by atoms with Crippen LogP contribution in [0.2, 0.25) is 0 Å². The van der Waals surface area contributed by atoms with Crippen molar-refractivity contribution < 1.29 is 15.3 Å². The van der Waals surface area contributed by atoms with Gasteiger partial charge in [-0.15, -0.1) is 0 Å². The van der Waals surface area contributed by atoms with Gasteiger partial charge in [0.05, 0.1) is 18.3 Å². The van der Waals surface area contributed by atoms with Crippen molar-refractivity contribution >= 4 is 0 Å². The molecule has 9 atom stereocenters. The summed E-state index contributed by atoms with van der Waals surface area (Å²) in [4.78, 5) is 0. The molecule has 0 saturated heterocycles. The Morgan fingerprint density at radius 2 is 1.57 bits per heavy atom. The molecule has 0 aliphatic heterocycles. The summed E-state index contributed by atoms with van der Waals surface area (Å²) in [5, 5.41) is 30.5. The maximum absolute atomic E-state index is 10.4. The Balaban J connectivity index is 1.58. The van der Waals surface area contributed by atoms with Crippen molar-refractivity contribution in [1.82, 2.24) is 0 Å². The molecular weight excluding hydrogens is 264 g/mol. The molecular formula is C18H30O3. The summed E-state index contributed by atoms with van der Waals surface area (Å²) >= 11 is 0. The highest BCUT2D eigenvalue weighted by atomic mass is 16.3. The fourth-order valence-electron chi connectivity index (χ4n) is 6.82. The van der Waals surface area contributed by atoms with Crippen molar-refractivity contribution in [2.24, 2.45) is 35.0 Å². The largest absolute Gasteiger partial charge is 0.393 e. The van der Waals surface area contributed by atoms with Gasteiger partial charge in [-0.1, -0.05) is 6.92 Å². The molecule has 3 nitrogen and oxygen atoms in total. The molecule has 0 amide bonds. The van der Waals surface area contributed by atoms with Crippen LogP contribution in [0.25, 0.3) is 0 Å². The Kier molecular flexibility index (Phi) is 3.40. The first-order chi connectivity index (χ1) is 10.0. The number of fused-ring (bicyclic) bond motifs is 5. The van der Waals surface area contributed by atoms with Gasteiger partial charge in [0, 0.05) is 0 Å². The monoisotopic (exact) mass is 294 g/mol. The van der Waals surface area contributed by atoms with Gasteiger partial charge in [0.1, 0.15) is 0 Å². The number of hydrogen-bond donors (Lipinski definition) is 3. The molecule has 4 fully saturated rings. The summed E-state index contributed by atoms with van der Waals surface area (Å²) in [5.41, 5.74) is -0.0540. The Labute approximate surface area is 127 Å². The Hall–Kier alpha value is -0.120. The van der Waals surface area contributed by atoms with Gasteiger partial charge in [-0.25, -0.2) is 0 Å². The van der Waals surface area contributed by atoms with Crippen LogP contribution in [0.5, 0.6) is 0 Å². The first kappa shape index (κ1) is 14.5. The van der Waals surface area contributed by atoms with Crippen LogP contribution in [0.15, 0.2) is 0 Å². The number of aliphatic hydroxyl groups excluding tert-OH is 3. The van der Waals surface area contributed by atoms with Crippen LogP contribution in [-0.2, 0) is 0 Å². The minimum Gasteiger partial charge on any atom is -0.393 e. The van der Waals surface area contributed by atoms with E-state index in [0.29, 0.717) is 11.8 Å². The molecule has 3 heteroatoms. The van der Waals surface area contributed by atoms with Crippen LogP contribution in [0.3, 0.4) is 0 Å². The molecule has 3 N–H and O–H groups in total. The van der Waals surface area contributed by atoms with Crippen LogP contribution >= 0.6 is 0 Å². The van der Waals surface area contributed by atoms with Crippen molar-refractivity contribution in [2.75, 3.05) is 0 Å². The minimum atomic E-state index is -0.519. The van der Waals surface area contributed by atoms with Gasteiger partial charge in [-0.2, -0.15) is 0 Å². The predicted octanol–water partition coefficient (Wildman–Crippen LogP) is 2.33. The lowest BCUT2D eigenvalue weighted by atomic mass is 9.50. The average Bonchev–Trinajstić information content (AvgIpc) is 2.70.